The van der Waals surface area contributed by atoms with E-state index >= 15 is 0 Å². The molecule has 3 nitrogen and oxygen atoms in total. The van der Waals surface area contributed by atoms with Crippen LogP contribution in [-0.4, -0.2) is 43.0 Å². The Balaban J connectivity index is 2.09. The Kier molecular flexibility index (Phi) is 5.07. The van der Waals surface area contributed by atoms with E-state index in [1.165, 1.54) is 22.6 Å². The van der Waals surface area contributed by atoms with Gasteiger partial charge in [0.05, 0.1) is 0 Å². The van der Waals surface area contributed by atoms with Crippen molar-refractivity contribution in [1.82, 2.24) is 9.80 Å². The van der Waals surface area contributed by atoms with Crippen LogP contribution in [0, 0.1) is 13.8 Å². The van der Waals surface area contributed by atoms with Gasteiger partial charge in [-0.15, -0.1) is 0 Å². The van der Waals surface area contributed by atoms with Crippen LogP contribution in [-0.2, 0) is 0 Å². The average molecular weight is 273 g/mol. The zero-order valence-corrected chi connectivity index (χ0v) is 13.2. The van der Waals surface area contributed by atoms with Crippen molar-refractivity contribution in [2.75, 3.05) is 38.5 Å². The SMILES string of the molecule is CCC=C(Nc1ccc(C)c(C)c1)N1CCN(C)CC1. The van der Waals surface area contributed by atoms with E-state index in [0.29, 0.717) is 0 Å². The van der Waals surface area contributed by atoms with E-state index in [1.54, 1.807) is 0 Å². The highest BCUT2D eigenvalue weighted by atomic mass is 15.3. The van der Waals surface area contributed by atoms with Gasteiger partial charge in [-0.25, -0.2) is 0 Å². The number of likely N-dealkylation sites (N-methyl/N-ethyl adjacent to an activating group) is 1. The van der Waals surface area contributed by atoms with Gasteiger partial charge in [-0.05, 0) is 56.7 Å². The average Bonchev–Trinajstić information content (AvgIpc) is 2.43. The van der Waals surface area contributed by atoms with Crippen molar-refractivity contribution in [3.63, 3.8) is 0 Å². The zero-order chi connectivity index (χ0) is 14.5. The molecule has 1 N–H and O–H groups in total. The lowest BCUT2D eigenvalue weighted by Gasteiger charge is -2.36. The van der Waals surface area contributed by atoms with Gasteiger partial charge in [-0.2, -0.15) is 0 Å². The molecule has 1 fully saturated rings. The number of allylic oxidation sites excluding steroid dienone is 1. The quantitative estimate of drug-likeness (QED) is 0.909. The number of benzene rings is 1. The molecule has 1 aromatic carbocycles. The summed E-state index contributed by atoms with van der Waals surface area (Å²) in [6, 6.07) is 6.59. The normalized spacial score (nSPS) is 17.4. The van der Waals surface area contributed by atoms with Crippen LogP contribution in [0.5, 0.6) is 0 Å². The fourth-order valence-electron chi connectivity index (χ4n) is 2.47. The van der Waals surface area contributed by atoms with E-state index in [2.05, 4.69) is 67.2 Å². The lowest BCUT2D eigenvalue weighted by molar-refractivity contribution is 0.187. The van der Waals surface area contributed by atoms with E-state index in [9.17, 15) is 0 Å². The van der Waals surface area contributed by atoms with Gasteiger partial charge in [0.25, 0.3) is 0 Å². The Labute approximate surface area is 123 Å². The molecule has 2 rings (SSSR count). The molecule has 1 aliphatic rings. The first kappa shape index (κ1) is 14.9. The predicted molar refractivity (Wildman–Crippen MR) is 87.0 cm³/mol. The van der Waals surface area contributed by atoms with Crippen LogP contribution in [0.25, 0.3) is 0 Å². The molecule has 110 valence electrons. The zero-order valence-electron chi connectivity index (χ0n) is 13.2. The second kappa shape index (κ2) is 6.80. The summed E-state index contributed by atoms with van der Waals surface area (Å²) in [5, 5.41) is 3.60. The van der Waals surface area contributed by atoms with Crippen LogP contribution < -0.4 is 5.32 Å². The minimum absolute atomic E-state index is 1.06. The van der Waals surface area contributed by atoms with E-state index in [0.717, 1.165) is 32.6 Å². The molecule has 0 atom stereocenters. The van der Waals surface area contributed by atoms with Crippen LogP contribution in [0.4, 0.5) is 5.69 Å². The summed E-state index contributed by atoms with van der Waals surface area (Å²) in [5.41, 5.74) is 3.87. The lowest BCUT2D eigenvalue weighted by atomic mass is 10.1. The van der Waals surface area contributed by atoms with Crippen molar-refractivity contribution in [1.29, 1.82) is 0 Å². The number of rotatable bonds is 4. The van der Waals surface area contributed by atoms with E-state index < -0.39 is 0 Å². The Hall–Kier alpha value is -1.48. The first-order valence-corrected chi connectivity index (χ1v) is 7.58. The summed E-state index contributed by atoms with van der Waals surface area (Å²) >= 11 is 0. The van der Waals surface area contributed by atoms with Gasteiger partial charge in [0.15, 0.2) is 0 Å². The summed E-state index contributed by atoms with van der Waals surface area (Å²) in [6.07, 6.45) is 3.35. The molecule has 0 radical (unpaired) electrons. The first-order chi connectivity index (χ1) is 9.60. The number of piperazine rings is 1. The second-order valence-electron chi connectivity index (χ2n) is 5.71. The summed E-state index contributed by atoms with van der Waals surface area (Å²) in [7, 11) is 2.19. The maximum Gasteiger partial charge on any atom is 0.102 e. The van der Waals surface area contributed by atoms with Gasteiger partial charge in [0, 0.05) is 31.9 Å². The minimum atomic E-state index is 1.06. The van der Waals surface area contributed by atoms with Crippen LogP contribution in [0.1, 0.15) is 24.5 Å². The van der Waals surface area contributed by atoms with Crippen molar-refractivity contribution in [2.24, 2.45) is 0 Å². The Morgan fingerprint density at radius 1 is 1.15 bits per heavy atom. The summed E-state index contributed by atoms with van der Waals surface area (Å²) in [6.45, 7) is 11.0. The van der Waals surface area contributed by atoms with Crippen molar-refractivity contribution in [3.8, 4) is 0 Å². The van der Waals surface area contributed by atoms with Crippen LogP contribution in [0.2, 0.25) is 0 Å². The molecule has 1 aliphatic heterocycles. The smallest absolute Gasteiger partial charge is 0.102 e. The van der Waals surface area contributed by atoms with Crippen molar-refractivity contribution >= 4 is 5.69 Å². The number of hydrogen-bond acceptors (Lipinski definition) is 3. The first-order valence-electron chi connectivity index (χ1n) is 7.58. The summed E-state index contributed by atoms with van der Waals surface area (Å²) in [5.74, 6) is 1.25. The summed E-state index contributed by atoms with van der Waals surface area (Å²) < 4.78 is 0. The molecule has 0 saturated carbocycles. The standard InChI is InChI=1S/C17H27N3/c1-5-6-17(20-11-9-19(4)10-12-20)18-16-8-7-14(2)15(3)13-16/h6-8,13,18H,5,9-12H2,1-4H3. The van der Waals surface area contributed by atoms with Crippen molar-refractivity contribution < 1.29 is 0 Å². The molecule has 0 aromatic heterocycles. The molecule has 0 amide bonds. The van der Waals surface area contributed by atoms with E-state index in [4.69, 9.17) is 0 Å². The van der Waals surface area contributed by atoms with E-state index in [-0.39, 0.29) is 0 Å². The third kappa shape index (κ3) is 3.76. The Bertz CT molecular complexity index is 471. The third-order valence-corrected chi connectivity index (χ3v) is 4.02. The van der Waals surface area contributed by atoms with Gasteiger partial charge in [-0.3, -0.25) is 0 Å². The largest absolute Gasteiger partial charge is 0.356 e. The Morgan fingerprint density at radius 2 is 1.85 bits per heavy atom. The van der Waals surface area contributed by atoms with Gasteiger partial charge >= 0.3 is 0 Å². The van der Waals surface area contributed by atoms with Gasteiger partial charge < -0.3 is 15.1 Å². The molecule has 0 aliphatic carbocycles. The Morgan fingerprint density at radius 3 is 2.45 bits per heavy atom. The molecule has 0 spiro atoms. The van der Waals surface area contributed by atoms with Gasteiger partial charge in [-0.1, -0.05) is 13.0 Å². The number of nitrogens with one attached hydrogen (secondary N) is 1. The fourth-order valence-corrected chi connectivity index (χ4v) is 2.47. The molecular formula is C17H27N3. The van der Waals surface area contributed by atoms with Crippen LogP contribution in [0.3, 0.4) is 0 Å². The van der Waals surface area contributed by atoms with E-state index in [1.807, 2.05) is 0 Å². The highest BCUT2D eigenvalue weighted by molar-refractivity contribution is 5.51. The molecule has 0 bridgehead atoms. The molecular weight excluding hydrogens is 246 g/mol. The molecule has 0 unspecified atom stereocenters. The van der Waals surface area contributed by atoms with Gasteiger partial charge in [0.2, 0.25) is 0 Å². The van der Waals surface area contributed by atoms with Gasteiger partial charge in [0.1, 0.15) is 5.82 Å². The van der Waals surface area contributed by atoms with Crippen LogP contribution in [0.15, 0.2) is 30.1 Å². The van der Waals surface area contributed by atoms with Crippen molar-refractivity contribution in [3.05, 3.63) is 41.2 Å². The third-order valence-electron chi connectivity index (χ3n) is 4.02. The summed E-state index contributed by atoms with van der Waals surface area (Å²) in [4.78, 5) is 4.84. The highest BCUT2D eigenvalue weighted by Gasteiger charge is 2.16. The highest BCUT2D eigenvalue weighted by Crippen LogP contribution is 2.18. The molecule has 3 heteroatoms. The van der Waals surface area contributed by atoms with Crippen LogP contribution >= 0.6 is 0 Å². The molecule has 1 aromatic rings. The number of hydrogen-bond donors (Lipinski definition) is 1. The molecule has 1 saturated heterocycles. The topological polar surface area (TPSA) is 18.5 Å². The molecule has 20 heavy (non-hydrogen) atoms. The number of anilines is 1. The number of nitrogens with zero attached hydrogens (tertiary/aromatic N) is 2. The lowest BCUT2D eigenvalue weighted by Crippen LogP contribution is -2.45. The monoisotopic (exact) mass is 273 g/mol. The maximum atomic E-state index is 3.60. The minimum Gasteiger partial charge on any atom is -0.356 e. The maximum absolute atomic E-state index is 3.60. The fraction of sp³-hybridized carbons (Fsp3) is 0.529. The number of aryl methyl sites for hydroxylation is 2. The molecule has 1 heterocycles. The predicted octanol–water partition coefficient (Wildman–Crippen LogP) is 3.21. The van der Waals surface area contributed by atoms with Crippen molar-refractivity contribution in [2.45, 2.75) is 27.2 Å². The second-order valence-corrected chi connectivity index (χ2v) is 5.71.